The molecular weight excluding hydrogens is 238 g/mol. The van der Waals surface area contributed by atoms with Gasteiger partial charge in [-0.25, -0.2) is 0 Å². The van der Waals surface area contributed by atoms with Crippen LogP contribution in [0.3, 0.4) is 0 Å². The fourth-order valence-electron chi connectivity index (χ4n) is 3.09. The van der Waals surface area contributed by atoms with Gasteiger partial charge < -0.3 is 10.2 Å². The summed E-state index contributed by atoms with van der Waals surface area (Å²) in [5, 5.41) is 3.33. The van der Waals surface area contributed by atoms with Crippen LogP contribution in [0, 0.1) is 0 Å². The predicted molar refractivity (Wildman–Crippen MR) is 76.4 cm³/mol. The van der Waals surface area contributed by atoms with Crippen LogP contribution in [0.15, 0.2) is 24.3 Å². The van der Waals surface area contributed by atoms with Crippen LogP contribution in [-0.4, -0.2) is 49.6 Å². The number of nitrogens with zero attached hydrogens (tertiary/aromatic N) is 2. The van der Waals surface area contributed by atoms with E-state index in [4.69, 9.17) is 0 Å². The highest BCUT2D eigenvalue weighted by Gasteiger charge is 2.36. The molecular formula is C15H21N3O. The van der Waals surface area contributed by atoms with Crippen molar-refractivity contribution in [1.82, 2.24) is 10.2 Å². The van der Waals surface area contributed by atoms with E-state index in [1.165, 1.54) is 5.56 Å². The maximum absolute atomic E-state index is 12.7. The van der Waals surface area contributed by atoms with Crippen LogP contribution in [0.2, 0.25) is 0 Å². The van der Waals surface area contributed by atoms with Gasteiger partial charge in [-0.15, -0.1) is 0 Å². The predicted octanol–water partition coefficient (Wildman–Crippen LogP) is 0.869. The number of carbonyl (C=O) groups is 1. The molecule has 4 heteroatoms. The van der Waals surface area contributed by atoms with E-state index in [0.29, 0.717) is 0 Å². The summed E-state index contributed by atoms with van der Waals surface area (Å²) in [5.41, 5.74) is 2.35. The number of aryl methyl sites for hydroxylation is 1. The molecule has 0 aliphatic carbocycles. The molecule has 2 fully saturated rings. The van der Waals surface area contributed by atoms with Crippen molar-refractivity contribution < 1.29 is 4.79 Å². The number of amides is 1. The summed E-state index contributed by atoms with van der Waals surface area (Å²) in [7, 11) is 0. The van der Waals surface area contributed by atoms with Crippen LogP contribution in [0.4, 0.5) is 5.69 Å². The highest BCUT2D eigenvalue weighted by molar-refractivity contribution is 5.98. The first-order valence-corrected chi connectivity index (χ1v) is 7.15. The van der Waals surface area contributed by atoms with Crippen molar-refractivity contribution in [2.24, 2.45) is 0 Å². The monoisotopic (exact) mass is 259 g/mol. The molecule has 2 saturated heterocycles. The molecule has 3 rings (SSSR count). The van der Waals surface area contributed by atoms with Crippen LogP contribution < -0.4 is 10.2 Å². The Bertz CT molecular complexity index is 474. The molecule has 0 spiro atoms. The minimum absolute atomic E-state index is 0.0208. The second kappa shape index (κ2) is 5.31. The number of piperazine rings is 2. The summed E-state index contributed by atoms with van der Waals surface area (Å²) in [6, 6.07) is 8.28. The van der Waals surface area contributed by atoms with Crippen LogP contribution in [0.5, 0.6) is 0 Å². The number of nitrogens with one attached hydrogen (secondary N) is 1. The zero-order valence-corrected chi connectivity index (χ0v) is 11.4. The molecule has 0 bridgehead atoms. The van der Waals surface area contributed by atoms with Crippen LogP contribution in [0.25, 0.3) is 0 Å². The number of anilines is 1. The third-order valence-corrected chi connectivity index (χ3v) is 4.18. The van der Waals surface area contributed by atoms with Crippen molar-refractivity contribution in [2.75, 3.05) is 37.6 Å². The third kappa shape index (κ3) is 2.26. The number of hydrogen-bond donors (Lipinski definition) is 1. The maximum atomic E-state index is 12.7. The van der Waals surface area contributed by atoms with Crippen molar-refractivity contribution in [1.29, 1.82) is 0 Å². The molecule has 1 aromatic rings. The van der Waals surface area contributed by atoms with Gasteiger partial charge in [0.1, 0.15) is 6.04 Å². The Labute approximate surface area is 114 Å². The van der Waals surface area contributed by atoms with Crippen molar-refractivity contribution in [3.8, 4) is 0 Å². The van der Waals surface area contributed by atoms with E-state index < -0.39 is 0 Å². The highest BCUT2D eigenvalue weighted by atomic mass is 16.2. The molecule has 1 unspecified atom stereocenters. The summed E-state index contributed by atoms with van der Waals surface area (Å²) in [5.74, 6) is 0.249. The van der Waals surface area contributed by atoms with Gasteiger partial charge in [0.05, 0.1) is 0 Å². The van der Waals surface area contributed by atoms with Crippen molar-refractivity contribution in [3.63, 3.8) is 0 Å². The lowest BCUT2D eigenvalue weighted by molar-refractivity contribution is -0.126. The minimum atomic E-state index is 0.0208. The van der Waals surface area contributed by atoms with Crippen LogP contribution >= 0.6 is 0 Å². The smallest absolute Gasteiger partial charge is 0.245 e. The summed E-state index contributed by atoms with van der Waals surface area (Å²) in [6.07, 6.45) is 0.965. The molecule has 0 aromatic heterocycles. The summed E-state index contributed by atoms with van der Waals surface area (Å²) < 4.78 is 0. The van der Waals surface area contributed by atoms with Crippen LogP contribution in [-0.2, 0) is 11.2 Å². The van der Waals surface area contributed by atoms with E-state index in [0.717, 1.165) is 44.8 Å². The van der Waals surface area contributed by atoms with Gasteiger partial charge in [-0.1, -0.05) is 25.1 Å². The summed E-state index contributed by atoms with van der Waals surface area (Å²) in [6.45, 7) is 6.70. The lowest BCUT2D eigenvalue weighted by Gasteiger charge is -2.43. The molecule has 2 aliphatic rings. The molecule has 2 heterocycles. The summed E-state index contributed by atoms with van der Waals surface area (Å²) in [4.78, 5) is 17.0. The van der Waals surface area contributed by atoms with Crippen molar-refractivity contribution >= 4 is 11.6 Å². The lowest BCUT2D eigenvalue weighted by Crippen LogP contribution is -2.64. The molecule has 1 aromatic carbocycles. The maximum Gasteiger partial charge on any atom is 0.245 e. The van der Waals surface area contributed by atoms with E-state index in [1.54, 1.807) is 0 Å². The molecule has 102 valence electrons. The number of carbonyl (C=O) groups excluding carboxylic acids is 1. The van der Waals surface area contributed by atoms with Crippen LogP contribution in [0.1, 0.15) is 12.5 Å². The van der Waals surface area contributed by atoms with E-state index in [1.807, 2.05) is 17.0 Å². The number of para-hydroxylation sites is 1. The third-order valence-electron chi connectivity index (χ3n) is 4.18. The Morgan fingerprint density at radius 3 is 2.95 bits per heavy atom. The first kappa shape index (κ1) is 12.6. The van der Waals surface area contributed by atoms with Gasteiger partial charge in [-0.05, 0) is 18.1 Å². The largest absolute Gasteiger partial charge is 0.313 e. The zero-order valence-electron chi connectivity index (χ0n) is 11.4. The Hall–Kier alpha value is -1.39. The molecule has 1 amide bonds. The van der Waals surface area contributed by atoms with Gasteiger partial charge in [0.15, 0.2) is 0 Å². The van der Waals surface area contributed by atoms with Crippen molar-refractivity contribution in [2.45, 2.75) is 19.4 Å². The van der Waals surface area contributed by atoms with Gasteiger partial charge in [0.25, 0.3) is 0 Å². The molecule has 0 radical (unpaired) electrons. The Balaban J connectivity index is 1.87. The van der Waals surface area contributed by atoms with Gasteiger partial charge in [0, 0.05) is 38.4 Å². The normalized spacial score (nSPS) is 24.4. The number of rotatable bonds is 2. The first-order chi connectivity index (χ1) is 9.31. The molecule has 2 aliphatic heterocycles. The second-order valence-electron chi connectivity index (χ2n) is 5.23. The quantitative estimate of drug-likeness (QED) is 0.856. The average molecular weight is 259 g/mol. The van der Waals surface area contributed by atoms with E-state index in [9.17, 15) is 4.79 Å². The van der Waals surface area contributed by atoms with Gasteiger partial charge in [-0.3, -0.25) is 9.69 Å². The Morgan fingerprint density at radius 1 is 1.26 bits per heavy atom. The number of benzene rings is 1. The van der Waals surface area contributed by atoms with E-state index in [-0.39, 0.29) is 11.9 Å². The molecule has 19 heavy (non-hydrogen) atoms. The lowest BCUT2D eigenvalue weighted by atomic mass is 10.0. The number of fused-ring (bicyclic) bond motifs is 1. The summed E-state index contributed by atoms with van der Waals surface area (Å²) >= 11 is 0. The van der Waals surface area contributed by atoms with E-state index >= 15 is 0 Å². The van der Waals surface area contributed by atoms with Gasteiger partial charge in [0.2, 0.25) is 5.91 Å². The molecule has 1 N–H and O–H groups in total. The molecule has 4 nitrogen and oxygen atoms in total. The average Bonchev–Trinajstić information content (AvgIpc) is 2.48. The highest BCUT2D eigenvalue weighted by Crippen LogP contribution is 2.25. The fourth-order valence-corrected chi connectivity index (χ4v) is 3.09. The topological polar surface area (TPSA) is 35.6 Å². The Kier molecular flexibility index (Phi) is 3.53. The molecule has 0 saturated carbocycles. The zero-order chi connectivity index (χ0) is 13.2. The second-order valence-corrected chi connectivity index (χ2v) is 5.23. The van der Waals surface area contributed by atoms with Gasteiger partial charge in [-0.2, -0.15) is 0 Å². The Morgan fingerprint density at radius 2 is 2.11 bits per heavy atom. The first-order valence-electron chi connectivity index (χ1n) is 7.15. The number of hydrogen-bond acceptors (Lipinski definition) is 3. The standard InChI is InChI=1S/C15H21N3O/c1-2-12-5-3-4-6-13(12)18-10-9-17-8-7-16-11-14(17)15(18)19/h3-6,14,16H,2,7-11H2,1H3. The molecule has 1 atom stereocenters. The van der Waals surface area contributed by atoms with E-state index in [2.05, 4.69) is 29.3 Å². The fraction of sp³-hybridized carbons (Fsp3) is 0.533. The minimum Gasteiger partial charge on any atom is -0.313 e. The van der Waals surface area contributed by atoms with Gasteiger partial charge >= 0.3 is 0 Å². The SMILES string of the molecule is CCc1ccccc1N1CCN2CCNCC2C1=O. The van der Waals surface area contributed by atoms with Crippen molar-refractivity contribution in [3.05, 3.63) is 29.8 Å².